The van der Waals surface area contributed by atoms with Crippen molar-refractivity contribution in [2.75, 3.05) is 24.0 Å². The molecule has 1 unspecified atom stereocenters. The smallest absolute Gasteiger partial charge is 0.143 e. The average Bonchev–Trinajstić information content (AvgIpc) is 3.65. The van der Waals surface area contributed by atoms with Crippen molar-refractivity contribution in [3.05, 3.63) is 265 Å². The van der Waals surface area contributed by atoms with Gasteiger partial charge in [-0.2, -0.15) is 0 Å². The fraction of sp³-hybridized carbons (Fsp3) is 0.118. The summed E-state index contributed by atoms with van der Waals surface area (Å²) in [6, 6.07) is 89.2. The summed E-state index contributed by atoms with van der Waals surface area (Å²) in [4.78, 5) is 4.69. The molecular formula is C68H58N2O2. The number of hydrogen-bond acceptors (Lipinski definition) is 4. The van der Waals surface area contributed by atoms with Gasteiger partial charge in [-0.3, -0.25) is 0 Å². The van der Waals surface area contributed by atoms with Crippen molar-refractivity contribution in [1.82, 2.24) is 0 Å². The number of methoxy groups -OCH3 is 2. The van der Waals surface area contributed by atoms with Crippen molar-refractivity contribution in [2.24, 2.45) is 0 Å². The van der Waals surface area contributed by atoms with Gasteiger partial charge in [0.15, 0.2) is 0 Å². The highest BCUT2D eigenvalue weighted by atomic mass is 16.5. The molecule has 0 saturated heterocycles. The largest absolute Gasteiger partial charge is 0.495 e. The van der Waals surface area contributed by atoms with Crippen molar-refractivity contribution in [3.8, 4) is 56.0 Å². The number of hydrogen-bond donors (Lipinski definition) is 0. The quantitative estimate of drug-likeness (QED) is 0.115. The van der Waals surface area contributed by atoms with Crippen molar-refractivity contribution in [1.29, 1.82) is 0 Å². The molecular weight excluding hydrogens is 877 g/mol. The van der Waals surface area contributed by atoms with Crippen LogP contribution in [0.2, 0.25) is 0 Å². The molecule has 0 spiro atoms. The lowest BCUT2D eigenvalue weighted by molar-refractivity contribution is 0.410. The van der Waals surface area contributed by atoms with Gasteiger partial charge in [0.05, 0.1) is 25.6 Å². The van der Waals surface area contributed by atoms with Gasteiger partial charge in [0, 0.05) is 28.2 Å². The fourth-order valence-electron chi connectivity index (χ4n) is 11.1. The summed E-state index contributed by atoms with van der Waals surface area (Å²) in [5, 5.41) is 0. The van der Waals surface area contributed by atoms with E-state index >= 15 is 0 Å². The predicted octanol–water partition coefficient (Wildman–Crippen LogP) is 18.3. The third-order valence-electron chi connectivity index (χ3n) is 14.7. The first kappa shape index (κ1) is 45.8. The Morgan fingerprint density at radius 3 is 0.972 bits per heavy atom. The summed E-state index contributed by atoms with van der Waals surface area (Å²) in [6.07, 6.45) is 0.892. The van der Waals surface area contributed by atoms with Gasteiger partial charge >= 0.3 is 0 Å². The van der Waals surface area contributed by atoms with Crippen LogP contribution >= 0.6 is 0 Å². The van der Waals surface area contributed by atoms with Crippen molar-refractivity contribution in [3.63, 3.8) is 0 Å². The van der Waals surface area contributed by atoms with E-state index in [1.165, 1.54) is 50.1 Å². The highest BCUT2D eigenvalue weighted by molar-refractivity contribution is 5.86. The van der Waals surface area contributed by atoms with Crippen LogP contribution in [0.25, 0.3) is 44.5 Å². The van der Waals surface area contributed by atoms with Gasteiger partial charge in [0.2, 0.25) is 0 Å². The minimum absolute atomic E-state index is 0.189. The Morgan fingerprint density at radius 1 is 0.319 bits per heavy atom. The van der Waals surface area contributed by atoms with Crippen molar-refractivity contribution < 1.29 is 9.47 Å². The number of nitrogens with zero attached hydrogens (tertiary/aromatic N) is 2. The Morgan fingerprint density at radius 2 is 0.639 bits per heavy atom. The molecule has 10 aromatic carbocycles. The predicted molar refractivity (Wildman–Crippen MR) is 301 cm³/mol. The molecule has 0 N–H and O–H groups in total. The maximum absolute atomic E-state index is 6.51. The lowest BCUT2D eigenvalue weighted by Crippen LogP contribution is -2.24. The van der Waals surface area contributed by atoms with Gasteiger partial charge in [0.25, 0.3) is 0 Å². The molecule has 0 heterocycles. The van der Waals surface area contributed by atoms with Crippen LogP contribution in [-0.4, -0.2) is 14.2 Å². The Balaban J connectivity index is 1.03. The van der Waals surface area contributed by atoms with E-state index in [0.717, 1.165) is 63.2 Å². The summed E-state index contributed by atoms with van der Waals surface area (Å²) in [5.74, 6) is 1.60. The Labute approximate surface area is 425 Å². The van der Waals surface area contributed by atoms with Crippen LogP contribution in [0.3, 0.4) is 0 Å². The molecule has 10 aromatic rings. The van der Waals surface area contributed by atoms with Crippen molar-refractivity contribution in [2.45, 2.75) is 38.0 Å². The van der Waals surface area contributed by atoms with E-state index in [4.69, 9.17) is 9.47 Å². The van der Waals surface area contributed by atoms with Gasteiger partial charge in [-0.15, -0.1) is 0 Å². The lowest BCUT2D eigenvalue weighted by Gasteiger charge is -2.32. The maximum Gasteiger partial charge on any atom is 0.143 e. The van der Waals surface area contributed by atoms with E-state index in [0.29, 0.717) is 0 Å². The van der Waals surface area contributed by atoms with Crippen LogP contribution < -0.4 is 19.3 Å². The number of ether oxygens (including phenoxy) is 2. The van der Waals surface area contributed by atoms with E-state index in [9.17, 15) is 0 Å². The van der Waals surface area contributed by atoms with E-state index in [1.54, 1.807) is 14.2 Å². The molecule has 4 heteroatoms. The van der Waals surface area contributed by atoms with Crippen LogP contribution in [0.5, 0.6) is 11.5 Å². The molecule has 0 amide bonds. The second kappa shape index (κ2) is 19.3. The molecule has 1 aliphatic carbocycles. The van der Waals surface area contributed by atoms with Gasteiger partial charge in [-0.05, 0) is 146 Å². The Kier molecular flexibility index (Phi) is 12.3. The van der Waals surface area contributed by atoms with Gasteiger partial charge in [-0.1, -0.05) is 197 Å². The van der Waals surface area contributed by atoms with Crippen LogP contribution in [0.4, 0.5) is 34.1 Å². The summed E-state index contributed by atoms with van der Waals surface area (Å²) in [5.41, 5.74) is 18.7. The molecule has 11 rings (SSSR count). The zero-order chi connectivity index (χ0) is 49.2. The van der Waals surface area contributed by atoms with Crippen molar-refractivity contribution >= 4 is 34.1 Å². The highest BCUT2D eigenvalue weighted by Gasteiger charge is 2.47. The summed E-state index contributed by atoms with van der Waals surface area (Å²) >= 11 is 0. The third kappa shape index (κ3) is 8.71. The zero-order valence-corrected chi connectivity index (χ0v) is 41.6. The lowest BCUT2D eigenvalue weighted by atomic mass is 9.75. The molecule has 1 aliphatic rings. The number of fused-ring (bicyclic) bond motifs is 1. The number of benzene rings is 10. The molecule has 352 valence electrons. The van der Waals surface area contributed by atoms with Crippen LogP contribution in [0, 0.1) is 0 Å². The molecule has 0 aliphatic heterocycles. The summed E-state index contributed by atoms with van der Waals surface area (Å²) < 4.78 is 12.8. The van der Waals surface area contributed by atoms with E-state index < -0.39 is 0 Å². The minimum Gasteiger partial charge on any atom is -0.495 e. The Bertz CT molecular complexity index is 3280. The first-order valence-electron chi connectivity index (χ1n) is 24.8. The molecule has 72 heavy (non-hydrogen) atoms. The normalized spacial score (nSPS) is 14.6. The zero-order valence-electron chi connectivity index (χ0n) is 41.6. The number of rotatable bonds is 13. The maximum atomic E-state index is 6.51. The first-order valence-corrected chi connectivity index (χ1v) is 24.8. The molecule has 0 fully saturated rings. The van der Waals surface area contributed by atoms with Gasteiger partial charge < -0.3 is 19.3 Å². The average molecular weight is 935 g/mol. The van der Waals surface area contributed by atoms with Crippen LogP contribution in [0.15, 0.2) is 249 Å². The first-order chi connectivity index (χ1) is 35.2. The topological polar surface area (TPSA) is 24.9 Å². The highest BCUT2D eigenvalue weighted by Crippen LogP contribution is 2.57. The van der Waals surface area contributed by atoms with Crippen LogP contribution in [-0.2, 0) is 10.8 Å². The molecule has 0 aromatic heterocycles. The van der Waals surface area contributed by atoms with E-state index in [1.807, 2.05) is 0 Å². The fourth-order valence-corrected chi connectivity index (χ4v) is 11.1. The third-order valence-corrected chi connectivity index (χ3v) is 14.7. The standard InChI is InChI=1S/C68H58N2O2/c1-67(2)47-68(3,56-34-43-65(71-4)63(44-56)69(57-35-26-52(27-36-57)48-18-10-6-11-19-48)58-37-28-53(29-38-58)49-20-12-7-13-21-49)62-46-66(72-5)64(45-61(62)67)70(59-39-30-54(31-40-59)50-22-14-8-15-23-50)60-41-32-55(33-42-60)51-24-16-9-17-25-51/h6-46H,47H2,1-5H3. The number of anilines is 6. The molecule has 4 nitrogen and oxygen atoms in total. The molecule has 1 atom stereocenters. The SMILES string of the molecule is COc1ccc(C2(C)CC(C)(C)c3cc(N(c4ccc(-c5ccccc5)cc4)c4ccc(-c5ccccc5)cc4)c(OC)cc32)cc1N(c1ccc(-c2ccccc2)cc1)c1ccc(-c2ccccc2)cc1. The summed E-state index contributed by atoms with van der Waals surface area (Å²) in [7, 11) is 3.57. The second-order valence-corrected chi connectivity index (χ2v) is 19.7. The molecule has 0 bridgehead atoms. The van der Waals surface area contributed by atoms with E-state index in [-0.39, 0.29) is 10.8 Å². The monoisotopic (exact) mass is 934 g/mol. The van der Waals surface area contributed by atoms with Crippen LogP contribution in [0.1, 0.15) is 43.9 Å². The van der Waals surface area contributed by atoms with Gasteiger partial charge in [-0.25, -0.2) is 0 Å². The second-order valence-electron chi connectivity index (χ2n) is 19.7. The molecule has 0 saturated carbocycles. The summed E-state index contributed by atoms with van der Waals surface area (Å²) in [6.45, 7) is 7.18. The van der Waals surface area contributed by atoms with E-state index in [2.05, 4.69) is 279 Å². The minimum atomic E-state index is -0.384. The Hall–Kier alpha value is -8.60. The van der Waals surface area contributed by atoms with Gasteiger partial charge in [0.1, 0.15) is 11.5 Å². The molecule has 0 radical (unpaired) electrons.